The van der Waals surface area contributed by atoms with Crippen molar-refractivity contribution in [2.24, 2.45) is 23.0 Å². The molecule has 0 amide bonds. The lowest BCUT2D eigenvalue weighted by Gasteiger charge is -2.64. The first-order valence-electron chi connectivity index (χ1n) is 6.98. The molecular weight excluding hydrogens is 213 g/mol. The van der Waals surface area contributed by atoms with E-state index in [9.17, 15) is 0 Å². The number of rotatable bonds is 2. The first kappa shape index (κ1) is 12.0. The number of hydrogen-bond acceptors (Lipinski definition) is 3. The van der Waals surface area contributed by atoms with E-state index in [4.69, 9.17) is 15.0 Å². The van der Waals surface area contributed by atoms with Crippen molar-refractivity contribution < 1.29 is 9.31 Å². The van der Waals surface area contributed by atoms with Crippen LogP contribution in [0.25, 0.3) is 0 Å². The van der Waals surface area contributed by atoms with Gasteiger partial charge in [0.2, 0.25) is 0 Å². The van der Waals surface area contributed by atoms with E-state index in [0.29, 0.717) is 11.3 Å². The van der Waals surface area contributed by atoms with Crippen LogP contribution in [0.5, 0.6) is 0 Å². The molecule has 0 aromatic rings. The van der Waals surface area contributed by atoms with Crippen LogP contribution in [0.3, 0.4) is 0 Å². The second kappa shape index (κ2) is 3.49. The molecule has 4 fully saturated rings. The van der Waals surface area contributed by atoms with Crippen molar-refractivity contribution in [2.45, 2.75) is 64.6 Å². The van der Waals surface area contributed by atoms with Gasteiger partial charge in [0.15, 0.2) is 0 Å². The smallest absolute Gasteiger partial charge is 0.404 e. The second-order valence-electron chi connectivity index (χ2n) is 6.91. The van der Waals surface area contributed by atoms with Crippen LogP contribution in [0, 0.1) is 17.3 Å². The van der Waals surface area contributed by atoms with Gasteiger partial charge in [0.05, 0.1) is 11.7 Å². The summed E-state index contributed by atoms with van der Waals surface area (Å²) < 4.78 is 12.3. The van der Waals surface area contributed by atoms with Crippen LogP contribution in [0.15, 0.2) is 0 Å². The van der Waals surface area contributed by atoms with Crippen LogP contribution in [-0.4, -0.2) is 24.8 Å². The molecule has 4 heteroatoms. The molecule has 5 atom stereocenters. The molecule has 0 aromatic carbocycles. The molecule has 0 aromatic heterocycles. The van der Waals surface area contributed by atoms with Gasteiger partial charge in [0.25, 0.3) is 0 Å². The van der Waals surface area contributed by atoms with Crippen LogP contribution in [0.1, 0.15) is 47.0 Å². The molecule has 1 aliphatic heterocycles. The van der Waals surface area contributed by atoms with Gasteiger partial charge in [0, 0.05) is 5.94 Å². The van der Waals surface area contributed by atoms with Crippen LogP contribution in [-0.2, 0) is 9.31 Å². The molecule has 3 nitrogen and oxygen atoms in total. The Morgan fingerprint density at radius 1 is 1.35 bits per heavy atom. The molecule has 3 saturated carbocycles. The van der Waals surface area contributed by atoms with Crippen molar-refractivity contribution in [3.8, 4) is 0 Å². The van der Waals surface area contributed by atoms with Gasteiger partial charge >= 0.3 is 7.12 Å². The Kier molecular flexibility index (Phi) is 2.46. The molecule has 2 N–H and O–H groups in total. The molecule has 1 heterocycles. The predicted octanol–water partition coefficient (Wildman–Crippen LogP) is 1.99. The molecule has 0 spiro atoms. The second-order valence-corrected chi connectivity index (χ2v) is 6.91. The highest BCUT2D eigenvalue weighted by atomic mass is 16.7. The van der Waals surface area contributed by atoms with Gasteiger partial charge in [-0.25, -0.2) is 0 Å². The minimum atomic E-state index is -0.190. The molecule has 3 aliphatic carbocycles. The van der Waals surface area contributed by atoms with Crippen molar-refractivity contribution >= 4 is 7.12 Å². The fourth-order valence-corrected chi connectivity index (χ4v) is 4.27. The Labute approximate surface area is 105 Å². The van der Waals surface area contributed by atoms with E-state index in [1.807, 2.05) is 0 Å². The fourth-order valence-electron chi connectivity index (χ4n) is 4.27. The topological polar surface area (TPSA) is 44.5 Å². The normalized spacial score (nSPS) is 48.5. The summed E-state index contributed by atoms with van der Waals surface area (Å²) in [6.45, 7) is 9.08. The van der Waals surface area contributed by atoms with Crippen molar-refractivity contribution in [3.63, 3.8) is 0 Å². The zero-order chi connectivity index (χ0) is 12.4. The quantitative estimate of drug-likeness (QED) is 0.747. The summed E-state index contributed by atoms with van der Waals surface area (Å²) in [5, 5.41) is 0. The lowest BCUT2D eigenvalue weighted by molar-refractivity contribution is -0.199. The molecule has 17 heavy (non-hydrogen) atoms. The first-order chi connectivity index (χ1) is 7.89. The maximum absolute atomic E-state index is 6.24. The zero-order valence-corrected chi connectivity index (χ0v) is 11.4. The van der Waals surface area contributed by atoms with E-state index in [-0.39, 0.29) is 24.8 Å². The molecule has 96 valence electrons. The average molecular weight is 237 g/mol. The first-order valence-corrected chi connectivity index (χ1v) is 6.98. The highest BCUT2D eigenvalue weighted by molar-refractivity contribution is 6.47. The Morgan fingerprint density at radius 3 is 2.65 bits per heavy atom. The highest BCUT2D eigenvalue weighted by Gasteiger charge is 2.68. The third kappa shape index (κ3) is 1.41. The van der Waals surface area contributed by atoms with Gasteiger partial charge in [-0.3, -0.25) is 0 Å². The van der Waals surface area contributed by atoms with Gasteiger partial charge in [-0.15, -0.1) is 0 Å². The van der Waals surface area contributed by atoms with Crippen LogP contribution in [0.4, 0.5) is 0 Å². The number of nitrogens with two attached hydrogens (primary N) is 1. The Balaban J connectivity index is 1.82. The van der Waals surface area contributed by atoms with Gasteiger partial charge in [-0.2, -0.15) is 0 Å². The summed E-state index contributed by atoms with van der Waals surface area (Å²) in [4.78, 5) is 0. The van der Waals surface area contributed by atoms with E-state index < -0.39 is 0 Å². The van der Waals surface area contributed by atoms with Crippen molar-refractivity contribution in [1.82, 2.24) is 0 Å². The average Bonchev–Trinajstić information content (AvgIpc) is 2.64. The molecule has 4 aliphatic rings. The molecule has 4 rings (SSSR count). The van der Waals surface area contributed by atoms with Gasteiger partial charge in [0.1, 0.15) is 0 Å². The third-order valence-electron chi connectivity index (χ3n) is 5.79. The summed E-state index contributed by atoms with van der Waals surface area (Å²) in [6.07, 6.45) is 3.62. The SMILES string of the molecule is CCC(N)B1OC2CC3CC(C3(C)C)[C@]2(C)O1. The van der Waals surface area contributed by atoms with E-state index in [2.05, 4.69) is 27.7 Å². The van der Waals surface area contributed by atoms with Crippen LogP contribution >= 0.6 is 0 Å². The van der Waals surface area contributed by atoms with Crippen LogP contribution < -0.4 is 5.73 Å². The maximum Gasteiger partial charge on any atom is 0.475 e. The summed E-state index contributed by atoms with van der Waals surface area (Å²) >= 11 is 0. The summed E-state index contributed by atoms with van der Waals surface area (Å²) in [7, 11) is -0.190. The Morgan fingerprint density at radius 2 is 2.06 bits per heavy atom. The van der Waals surface area contributed by atoms with Crippen LogP contribution in [0.2, 0.25) is 0 Å². The zero-order valence-electron chi connectivity index (χ0n) is 11.4. The van der Waals surface area contributed by atoms with Crippen molar-refractivity contribution in [1.29, 1.82) is 0 Å². The summed E-state index contributed by atoms with van der Waals surface area (Å²) in [5.41, 5.74) is 6.38. The molecular formula is C13H24BNO2. The molecule has 1 saturated heterocycles. The van der Waals surface area contributed by atoms with Gasteiger partial charge in [-0.05, 0) is 43.4 Å². The van der Waals surface area contributed by atoms with Crippen molar-refractivity contribution in [2.75, 3.05) is 0 Å². The lowest BCUT2D eigenvalue weighted by atomic mass is 9.43. The standard InChI is InChI=1S/C13H24BNO2/c1-5-11(15)14-16-10-7-8-6-9(12(8,2)3)13(10,4)17-14/h8-11H,5-7,15H2,1-4H3/t8?,9?,10?,11?,13-/m0/s1. The Hall–Kier alpha value is -0.0551. The lowest BCUT2D eigenvalue weighted by Crippen LogP contribution is -2.65. The monoisotopic (exact) mass is 237 g/mol. The molecule has 0 radical (unpaired) electrons. The largest absolute Gasteiger partial charge is 0.475 e. The minimum Gasteiger partial charge on any atom is -0.404 e. The maximum atomic E-state index is 6.24. The fraction of sp³-hybridized carbons (Fsp3) is 1.00. The molecule has 2 bridgehead atoms. The highest BCUT2D eigenvalue weighted by Crippen LogP contribution is 2.65. The van der Waals surface area contributed by atoms with Gasteiger partial charge in [-0.1, -0.05) is 20.8 Å². The van der Waals surface area contributed by atoms with E-state index in [0.717, 1.165) is 18.8 Å². The van der Waals surface area contributed by atoms with E-state index in [1.165, 1.54) is 6.42 Å². The van der Waals surface area contributed by atoms with E-state index in [1.54, 1.807) is 0 Å². The minimum absolute atomic E-state index is 0.0118. The summed E-state index contributed by atoms with van der Waals surface area (Å²) in [5.74, 6) is 1.45. The third-order valence-corrected chi connectivity index (χ3v) is 5.79. The van der Waals surface area contributed by atoms with Gasteiger partial charge < -0.3 is 15.0 Å². The Bertz CT molecular complexity index is 335. The predicted molar refractivity (Wildman–Crippen MR) is 68.4 cm³/mol. The number of hydrogen-bond donors (Lipinski definition) is 1. The van der Waals surface area contributed by atoms with Crippen molar-refractivity contribution in [3.05, 3.63) is 0 Å². The molecule has 4 unspecified atom stereocenters. The van der Waals surface area contributed by atoms with E-state index >= 15 is 0 Å². The summed E-state index contributed by atoms with van der Waals surface area (Å²) in [6, 6.07) is 0.